The number of nitrogens with zero attached hydrogens (tertiary/aromatic N) is 5. The number of unbranched alkanes of at least 4 members (excludes halogenated alkanes) is 1. The van der Waals surface area contributed by atoms with E-state index in [4.69, 9.17) is 21.4 Å². The third kappa shape index (κ3) is 7.49. The van der Waals surface area contributed by atoms with Crippen molar-refractivity contribution in [3.05, 3.63) is 46.2 Å². The number of piperazine rings is 1. The second-order valence-corrected chi connectivity index (χ2v) is 11.6. The van der Waals surface area contributed by atoms with Crippen molar-refractivity contribution >= 4 is 17.5 Å². The highest BCUT2D eigenvalue weighted by atomic mass is 35.5. The van der Waals surface area contributed by atoms with E-state index in [0.717, 1.165) is 100 Å². The topological polar surface area (TPSA) is 53.8 Å². The first-order valence-electron chi connectivity index (χ1n) is 13.9. The number of benzene rings is 1. The zero-order chi connectivity index (χ0) is 26.4. The molecule has 1 atom stereocenters. The van der Waals surface area contributed by atoms with E-state index in [9.17, 15) is 4.79 Å². The van der Waals surface area contributed by atoms with Gasteiger partial charge in [-0.05, 0) is 70.5 Å². The van der Waals surface area contributed by atoms with Gasteiger partial charge in [0.15, 0.2) is 0 Å². The van der Waals surface area contributed by atoms with Crippen LogP contribution >= 0.6 is 11.6 Å². The summed E-state index contributed by atoms with van der Waals surface area (Å²) in [4.78, 5) is 20.4. The average Bonchev–Trinajstić information content (AvgIpc) is 3.22. The van der Waals surface area contributed by atoms with Crippen LogP contribution in [-0.4, -0.2) is 83.3 Å². The molecule has 2 aliphatic heterocycles. The van der Waals surface area contributed by atoms with Gasteiger partial charge in [0.25, 0.3) is 0 Å². The van der Waals surface area contributed by atoms with Crippen molar-refractivity contribution in [1.82, 2.24) is 24.5 Å². The Morgan fingerprint density at radius 1 is 1.16 bits per heavy atom. The second-order valence-electron chi connectivity index (χ2n) is 11.2. The van der Waals surface area contributed by atoms with E-state index in [1.165, 1.54) is 5.56 Å². The van der Waals surface area contributed by atoms with Gasteiger partial charge in [-0.15, -0.1) is 0 Å². The molecule has 1 aromatic heterocycles. The number of aromatic nitrogens is 2. The molecule has 2 fully saturated rings. The lowest BCUT2D eigenvalue weighted by molar-refractivity contribution is -0.137. The summed E-state index contributed by atoms with van der Waals surface area (Å²) in [6.45, 7) is 14.0. The zero-order valence-electron chi connectivity index (χ0n) is 23.1. The van der Waals surface area contributed by atoms with Crippen molar-refractivity contribution in [3.63, 3.8) is 0 Å². The maximum absolute atomic E-state index is 13.5. The van der Waals surface area contributed by atoms with E-state index in [2.05, 4.69) is 46.5 Å². The van der Waals surface area contributed by atoms with Gasteiger partial charge in [-0.1, -0.05) is 24.9 Å². The van der Waals surface area contributed by atoms with Crippen LogP contribution in [0.25, 0.3) is 0 Å². The first kappa shape index (κ1) is 27.9. The molecule has 1 aromatic carbocycles. The second kappa shape index (κ2) is 12.6. The monoisotopic (exact) mass is 529 g/mol. The quantitative estimate of drug-likeness (QED) is 0.443. The van der Waals surface area contributed by atoms with Gasteiger partial charge >= 0.3 is 0 Å². The van der Waals surface area contributed by atoms with Crippen molar-refractivity contribution < 1.29 is 9.53 Å². The molecule has 0 radical (unpaired) electrons. The van der Waals surface area contributed by atoms with E-state index in [0.29, 0.717) is 13.0 Å². The van der Waals surface area contributed by atoms with Crippen LogP contribution in [0.2, 0.25) is 5.02 Å². The molecular formula is C29H44ClN5O2. The van der Waals surface area contributed by atoms with Gasteiger partial charge in [-0.3, -0.25) is 14.4 Å². The molecule has 0 spiro atoms. The Kier molecular flexibility index (Phi) is 9.54. The molecule has 0 aliphatic carbocycles. The third-order valence-electron chi connectivity index (χ3n) is 7.98. The highest BCUT2D eigenvalue weighted by molar-refractivity contribution is 6.31. The number of hydrogen-bond donors (Lipinski definition) is 0. The van der Waals surface area contributed by atoms with Gasteiger partial charge in [-0.25, -0.2) is 0 Å². The predicted molar refractivity (Wildman–Crippen MR) is 149 cm³/mol. The molecule has 2 aromatic rings. The molecular weight excluding hydrogens is 486 g/mol. The number of carbonyl (C=O) groups is 1. The molecule has 0 N–H and O–H groups in total. The van der Waals surface area contributed by atoms with Crippen LogP contribution < -0.4 is 4.74 Å². The van der Waals surface area contributed by atoms with Crippen LogP contribution in [0.4, 0.5) is 0 Å². The molecule has 37 heavy (non-hydrogen) atoms. The number of amides is 1. The van der Waals surface area contributed by atoms with Crippen LogP contribution in [0.1, 0.15) is 55.8 Å². The third-order valence-corrected chi connectivity index (χ3v) is 8.40. The number of carbonyl (C=O) groups excluding carboxylic acids is 1. The number of aryl methyl sites for hydroxylation is 3. The van der Waals surface area contributed by atoms with Gasteiger partial charge in [0, 0.05) is 74.4 Å². The maximum atomic E-state index is 13.5. The standard InChI is InChI=1S/C29H44ClN5O2/c1-5-6-12-35-20-25(24(3)31-35)19-33-11-7-10-29(21-33,18-28(36)34-15-13-32(4)14-16-34)22-37-26-8-9-27(30)23(2)17-26/h8-9,17,20H,5-7,10-16,18-19,21-22H2,1-4H3/t29-/m1/s1. The van der Waals surface area contributed by atoms with Crippen molar-refractivity contribution in [3.8, 4) is 5.75 Å². The first-order chi connectivity index (χ1) is 17.8. The molecule has 8 heteroatoms. The van der Waals surface area contributed by atoms with Gasteiger partial charge in [-0.2, -0.15) is 5.10 Å². The van der Waals surface area contributed by atoms with Crippen molar-refractivity contribution in [2.24, 2.45) is 5.41 Å². The van der Waals surface area contributed by atoms with Gasteiger partial charge in [0.2, 0.25) is 5.91 Å². The van der Waals surface area contributed by atoms with Crippen LogP contribution in [0, 0.1) is 19.3 Å². The Labute approximate surface area is 227 Å². The minimum atomic E-state index is -0.224. The number of piperidine rings is 1. The number of likely N-dealkylation sites (tertiary alicyclic amines) is 1. The lowest BCUT2D eigenvalue weighted by Crippen LogP contribution is -2.52. The predicted octanol–water partition coefficient (Wildman–Crippen LogP) is 4.78. The van der Waals surface area contributed by atoms with Gasteiger partial charge in [0.05, 0.1) is 12.3 Å². The van der Waals surface area contributed by atoms with E-state index in [-0.39, 0.29) is 11.3 Å². The number of halogens is 1. The maximum Gasteiger partial charge on any atom is 0.223 e. The zero-order valence-corrected chi connectivity index (χ0v) is 23.9. The molecule has 4 rings (SSSR count). The van der Waals surface area contributed by atoms with E-state index < -0.39 is 0 Å². The molecule has 3 heterocycles. The minimum Gasteiger partial charge on any atom is -0.493 e. The van der Waals surface area contributed by atoms with Crippen LogP contribution in [0.3, 0.4) is 0 Å². The first-order valence-corrected chi connectivity index (χ1v) is 14.3. The fourth-order valence-electron chi connectivity index (χ4n) is 5.58. The lowest BCUT2D eigenvalue weighted by atomic mass is 9.77. The van der Waals surface area contributed by atoms with E-state index >= 15 is 0 Å². The number of hydrogen-bond acceptors (Lipinski definition) is 5. The molecule has 7 nitrogen and oxygen atoms in total. The Morgan fingerprint density at radius 3 is 2.68 bits per heavy atom. The molecule has 0 unspecified atom stereocenters. The summed E-state index contributed by atoms with van der Waals surface area (Å²) in [7, 11) is 2.12. The number of ether oxygens (including phenoxy) is 1. The highest BCUT2D eigenvalue weighted by Gasteiger charge is 2.40. The normalized spacial score (nSPS) is 21.4. The molecule has 1 amide bonds. The summed E-state index contributed by atoms with van der Waals surface area (Å²) in [5, 5.41) is 5.49. The molecule has 0 saturated carbocycles. The number of rotatable bonds is 10. The van der Waals surface area contributed by atoms with Crippen LogP contribution in [-0.2, 0) is 17.9 Å². The van der Waals surface area contributed by atoms with Crippen molar-refractivity contribution in [2.75, 3.05) is 52.9 Å². The Hall–Kier alpha value is -2.09. The minimum absolute atomic E-state index is 0.224. The average molecular weight is 530 g/mol. The van der Waals surface area contributed by atoms with E-state index in [1.807, 2.05) is 25.1 Å². The molecule has 2 saturated heterocycles. The summed E-state index contributed by atoms with van der Waals surface area (Å²) in [6.07, 6.45) is 7.09. The summed E-state index contributed by atoms with van der Waals surface area (Å²) < 4.78 is 8.47. The fraction of sp³-hybridized carbons (Fsp3) is 0.655. The summed E-state index contributed by atoms with van der Waals surface area (Å²) in [5.41, 5.74) is 3.17. The summed E-state index contributed by atoms with van der Waals surface area (Å²) in [5.74, 6) is 1.08. The van der Waals surface area contributed by atoms with Gasteiger partial charge in [0.1, 0.15) is 5.75 Å². The summed E-state index contributed by atoms with van der Waals surface area (Å²) >= 11 is 6.24. The van der Waals surface area contributed by atoms with Crippen molar-refractivity contribution in [1.29, 1.82) is 0 Å². The Bertz CT molecular complexity index is 1050. The van der Waals surface area contributed by atoms with Crippen LogP contribution in [0.15, 0.2) is 24.4 Å². The Balaban J connectivity index is 1.48. The Morgan fingerprint density at radius 2 is 1.95 bits per heavy atom. The number of likely N-dealkylation sites (N-methyl/N-ethyl adjacent to an activating group) is 1. The smallest absolute Gasteiger partial charge is 0.223 e. The van der Waals surface area contributed by atoms with Gasteiger partial charge < -0.3 is 14.5 Å². The largest absolute Gasteiger partial charge is 0.493 e. The molecule has 204 valence electrons. The molecule has 2 aliphatic rings. The lowest BCUT2D eigenvalue weighted by Gasteiger charge is -2.43. The van der Waals surface area contributed by atoms with Crippen LogP contribution in [0.5, 0.6) is 5.75 Å². The summed E-state index contributed by atoms with van der Waals surface area (Å²) in [6, 6.07) is 5.81. The fourth-order valence-corrected chi connectivity index (χ4v) is 5.70. The van der Waals surface area contributed by atoms with Crippen molar-refractivity contribution in [2.45, 2.75) is 66.0 Å². The molecule has 0 bridgehead atoms. The van der Waals surface area contributed by atoms with E-state index in [1.54, 1.807) is 0 Å². The highest BCUT2D eigenvalue weighted by Crippen LogP contribution is 2.36. The SMILES string of the molecule is CCCCn1cc(CN2CCC[C@@](COc3ccc(Cl)c(C)c3)(CC(=O)N3CCN(C)CC3)C2)c(C)n1.